The van der Waals surface area contributed by atoms with Crippen molar-refractivity contribution in [3.8, 4) is 16.9 Å². The number of methoxy groups -OCH3 is 1. The van der Waals surface area contributed by atoms with Crippen LogP contribution in [0.4, 0.5) is 5.82 Å². The van der Waals surface area contributed by atoms with E-state index in [0.717, 1.165) is 22.7 Å². The van der Waals surface area contributed by atoms with Gasteiger partial charge in [0, 0.05) is 36.4 Å². The predicted molar refractivity (Wildman–Crippen MR) is 72.0 cm³/mol. The number of aryl methyl sites for hydroxylation is 1. The van der Waals surface area contributed by atoms with Gasteiger partial charge in [-0.2, -0.15) is 0 Å². The van der Waals surface area contributed by atoms with Gasteiger partial charge in [-0.15, -0.1) is 0 Å². The van der Waals surface area contributed by atoms with Crippen molar-refractivity contribution < 1.29 is 4.74 Å². The number of benzene rings is 1. The maximum Gasteiger partial charge on any atom is 0.128 e. The van der Waals surface area contributed by atoms with Crippen LogP contribution in [0.15, 0.2) is 30.5 Å². The van der Waals surface area contributed by atoms with E-state index in [1.165, 1.54) is 0 Å². The maximum absolute atomic E-state index is 5.95. The lowest BCUT2D eigenvalue weighted by molar-refractivity contribution is 0.416. The number of aromatic nitrogens is 1. The van der Waals surface area contributed by atoms with Gasteiger partial charge >= 0.3 is 0 Å². The molecule has 0 aliphatic carbocycles. The fourth-order valence-corrected chi connectivity index (χ4v) is 2.03. The number of halogens is 1. The summed E-state index contributed by atoms with van der Waals surface area (Å²) in [6, 6.07) is 7.73. The Bertz CT molecular complexity index is 534. The molecule has 1 N–H and O–H groups in total. The highest BCUT2D eigenvalue weighted by Gasteiger charge is 2.09. The molecule has 0 saturated carbocycles. The predicted octanol–water partition coefficient (Wildman–Crippen LogP) is 3.40. The van der Waals surface area contributed by atoms with Crippen molar-refractivity contribution in [1.82, 2.24) is 4.57 Å². The van der Waals surface area contributed by atoms with Crippen molar-refractivity contribution in [2.45, 2.75) is 0 Å². The van der Waals surface area contributed by atoms with Gasteiger partial charge in [0.1, 0.15) is 11.6 Å². The van der Waals surface area contributed by atoms with Gasteiger partial charge in [-0.1, -0.05) is 11.6 Å². The molecule has 90 valence electrons. The lowest BCUT2D eigenvalue weighted by Gasteiger charge is -2.06. The second-order valence-corrected chi connectivity index (χ2v) is 4.26. The summed E-state index contributed by atoms with van der Waals surface area (Å²) in [6.45, 7) is 0. The zero-order valence-corrected chi connectivity index (χ0v) is 10.9. The van der Waals surface area contributed by atoms with Gasteiger partial charge in [-0.05, 0) is 24.3 Å². The topological polar surface area (TPSA) is 26.2 Å². The molecule has 0 radical (unpaired) electrons. The van der Waals surface area contributed by atoms with Crippen molar-refractivity contribution in [2.24, 2.45) is 7.05 Å². The van der Waals surface area contributed by atoms with Crippen LogP contribution in [-0.2, 0) is 7.05 Å². The first-order valence-corrected chi connectivity index (χ1v) is 5.71. The van der Waals surface area contributed by atoms with E-state index < -0.39 is 0 Å². The van der Waals surface area contributed by atoms with Crippen molar-refractivity contribution in [3.63, 3.8) is 0 Å². The molecule has 0 bridgehead atoms. The maximum atomic E-state index is 5.95. The average molecular weight is 251 g/mol. The van der Waals surface area contributed by atoms with Crippen LogP contribution in [0.2, 0.25) is 5.02 Å². The molecular formula is C13H15ClN2O. The highest BCUT2D eigenvalue weighted by molar-refractivity contribution is 6.30. The molecule has 0 amide bonds. The van der Waals surface area contributed by atoms with E-state index >= 15 is 0 Å². The largest absolute Gasteiger partial charge is 0.496 e. The summed E-state index contributed by atoms with van der Waals surface area (Å²) in [5.41, 5.74) is 2.14. The molecule has 1 heterocycles. The summed E-state index contributed by atoms with van der Waals surface area (Å²) in [4.78, 5) is 0. The summed E-state index contributed by atoms with van der Waals surface area (Å²) in [5, 5.41) is 3.81. The Morgan fingerprint density at radius 1 is 1.29 bits per heavy atom. The molecule has 0 spiro atoms. The highest BCUT2D eigenvalue weighted by atomic mass is 35.5. The van der Waals surface area contributed by atoms with E-state index in [-0.39, 0.29) is 0 Å². The zero-order valence-electron chi connectivity index (χ0n) is 10.1. The Balaban J connectivity index is 2.51. The minimum atomic E-state index is 0.676. The molecule has 2 aromatic rings. The van der Waals surface area contributed by atoms with Crippen molar-refractivity contribution >= 4 is 17.4 Å². The van der Waals surface area contributed by atoms with E-state index in [9.17, 15) is 0 Å². The SMILES string of the molecule is CNc1cc(-c2ccc(Cl)cc2OC)cn1C. The molecule has 17 heavy (non-hydrogen) atoms. The fourth-order valence-electron chi connectivity index (χ4n) is 1.86. The molecule has 0 unspecified atom stereocenters. The van der Waals surface area contributed by atoms with Gasteiger partial charge in [-0.25, -0.2) is 0 Å². The fraction of sp³-hybridized carbons (Fsp3) is 0.231. The monoisotopic (exact) mass is 250 g/mol. The lowest BCUT2D eigenvalue weighted by atomic mass is 10.1. The first kappa shape index (κ1) is 11.9. The molecule has 1 aromatic heterocycles. The van der Waals surface area contributed by atoms with Crippen molar-refractivity contribution in [1.29, 1.82) is 0 Å². The van der Waals surface area contributed by atoms with E-state index in [0.29, 0.717) is 5.02 Å². The van der Waals surface area contributed by atoms with Gasteiger partial charge in [0.05, 0.1) is 7.11 Å². The zero-order chi connectivity index (χ0) is 12.4. The molecular weight excluding hydrogens is 236 g/mol. The van der Waals surface area contributed by atoms with Crippen molar-refractivity contribution in [2.75, 3.05) is 19.5 Å². The third-order valence-electron chi connectivity index (χ3n) is 2.74. The highest BCUT2D eigenvalue weighted by Crippen LogP contribution is 2.34. The normalized spacial score (nSPS) is 10.4. The van der Waals surface area contributed by atoms with Gasteiger partial charge in [0.15, 0.2) is 0 Å². The van der Waals surface area contributed by atoms with Gasteiger partial charge in [-0.3, -0.25) is 0 Å². The van der Waals surface area contributed by atoms with Crippen LogP contribution in [0.5, 0.6) is 5.75 Å². The number of hydrogen-bond donors (Lipinski definition) is 1. The molecule has 0 aliphatic rings. The van der Waals surface area contributed by atoms with Crippen LogP contribution in [0, 0.1) is 0 Å². The van der Waals surface area contributed by atoms with Crippen molar-refractivity contribution in [3.05, 3.63) is 35.5 Å². The second-order valence-electron chi connectivity index (χ2n) is 3.82. The first-order valence-electron chi connectivity index (χ1n) is 5.33. The molecule has 0 saturated heterocycles. The molecule has 0 aliphatic heterocycles. The van der Waals surface area contributed by atoms with E-state index in [1.807, 2.05) is 36.9 Å². The summed E-state index contributed by atoms with van der Waals surface area (Å²) >= 11 is 5.95. The van der Waals surface area contributed by atoms with Crippen LogP contribution in [0.3, 0.4) is 0 Å². The first-order chi connectivity index (χ1) is 8.15. The Morgan fingerprint density at radius 3 is 2.65 bits per heavy atom. The third-order valence-corrected chi connectivity index (χ3v) is 2.97. The van der Waals surface area contributed by atoms with Crippen LogP contribution in [-0.4, -0.2) is 18.7 Å². The van der Waals surface area contributed by atoms with E-state index in [4.69, 9.17) is 16.3 Å². The Morgan fingerprint density at radius 2 is 2.06 bits per heavy atom. The van der Waals surface area contributed by atoms with Gasteiger partial charge in [0.2, 0.25) is 0 Å². The van der Waals surface area contributed by atoms with Crippen LogP contribution >= 0.6 is 11.6 Å². The minimum absolute atomic E-state index is 0.676. The summed E-state index contributed by atoms with van der Waals surface area (Å²) in [7, 11) is 5.55. The molecule has 3 nitrogen and oxygen atoms in total. The second kappa shape index (κ2) is 4.72. The van der Waals surface area contributed by atoms with Crippen LogP contribution in [0.25, 0.3) is 11.1 Å². The number of hydrogen-bond acceptors (Lipinski definition) is 2. The number of nitrogens with one attached hydrogen (secondary N) is 1. The van der Waals surface area contributed by atoms with Gasteiger partial charge < -0.3 is 14.6 Å². The third kappa shape index (κ3) is 2.24. The Hall–Kier alpha value is -1.61. The molecule has 0 atom stereocenters. The van der Waals surface area contributed by atoms with Crippen LogP contribution in [0.1, 0.15) is 0 Å². The summed E-state index contributed by atoms with van der Waals surface area (Å²) in [6.07, 6.45) is 2.05. The number of rotatable bonds is 3. The lowest BCUT2D eigenvalue weighted by Crippen LogP contribution is -1.94. The summed E-state index contributed by atoms with van der Waals surface area (Å²) in [5.74, 6) is 1.84. The molecule has 4 heteroatoms. The van der Waals surface area contributed by atoms with E-state index in [1.54, 1.807) is 7.11 Å². The number of ether oxygens (including phenoxy) is 1. The molecule has 1 aromatic carbocycles. The smallest absolute Gasteiger partial charge is 0.128 e. The Labute approximate surface area is 106 Å². The van der Waals surface area contributed by atoms with E-state index in [2.05, 4.69) is 17.6 Å². The van der Waals surface area contributed by atoms with Crippen LogP contribution < -0.4 is 10.1 Å². The van der Waals surface area contributed by atoms with Gasteiger partial charge in [0.25, 0.3) is 0 Å². The summed E-state index contributed by atoms with van der Waals surface area (Å²) < 4.78 is 7.38. The quantitative estimate of drug-likeness (QED) is 0.904. The molecule has 2 rings (SSSR count). The minimum Gasteiger partial charge on any atom is -0.496 e. The molecule has 0 fully saturated rings. The number of anilines is 1. The average Bonchev–Trinajstić information content (AvgIpc) is 2.70. The standard InChI is InChI=1S/C13H15ClN2O/c1-15-13-6-9(8-16(13)2)11-5-4-10(14)7-12(11)17-3/h4-8,15H,1-3H3. The Kier molecular flexibility index (Phi) is 3.29. The number of nitrogens with zero attached hydrogens (tertiary/aromatic N) is 1.